The maximum atomic E-state index is 11.7. The number of hydrogen-bond acceptors (Lipinski definition) is 5. The highest BCUT2D eigenvalue weighted by Gasteiger charge is 2.20. The van der Waals surface area contributed by atoms with Crippen molar-refractivity contribution >= 4 is 39.2 Å². The summed E-state index contributed by atoms with van der Waals surface area (Å²) in [6, 6.07) is 6.33. The van der Waals surface area contributed by atoms with E-state index in [1.807, 2.05) is 18.2 Å². The third-order valence-electron chi connectivity index (χ3n) is 4.47. The maximum Gasteiger partial charge on any atom is 0.229 e. The predicted molar refractivity (Wildman–Crippen MR) is 93.4 cm³/mol. The average Bonchev–Trinajstić information content (AvgIpc) is 2.87. The van der Waals surface area contributed by atoms with Crippen molar-refractivity contribution in [2.24, 2.45) is 0 Å². The molecule has 6 heteroatoms. The van der Waals surface area contributed by atoms with Gasteiger partial charge in [-0.15, -0.1) is 0 Å². The lowest BCUT2D eigenvalue weighted by Crippen LogP contribution is -2.27. The highest BCUT2D eigenvalue weighted by atomic mass is 79.9. The van der Waals surface area contributed by atoms with E-state index in [2.05, 4.69) is 36.5 Å². The number of rotatable bonds is 4. The van der Waals surface area contributed by atoms with Crippen molar-refractivity contribution in [3.63, 3.8) is 0 Å². The van der Waals surface area contributed by atoms with Gasteiger partial charge in [0.2, 0.25) is 5.95 Å². The lowest BCUT2D eigenvalue weighted by Gasteiger charge is -2.27. The molecule has 1 fully saturated rings. The Balaban J connectivity index is 1.54. The molecule has 2 aliphatic rings. The summed E-state index contributed by atoms with van der Waals surface area (Å²) < 4.78 is 0.870. The molecular formula is C17H17BrN4O. The number of ketones is 1. The third-order valence-corrected chi connectivity index (χ3v) is 5.05. The Hall–Kier alpha value is -1.95. The first-order valence-electron chi connectivity index (χ1n) is 7.91. The number of anilines is 3. The Labute approximate surface area is 143 Å². The number of halogens is 1. The molecule has 0 amide bonds. The number of carbonyl (C=O) groups excluding carboxylic acids is 1. The van der Waals surface area contributed by atoms with E-state index in [4.69, 9.17) is 0 Å². The van der Waals surface area contributed by atoms with Crippen LogP contribution in [0, 0.1) is 0 Å². The lowest BCUT2D eigenvalue weighted by atomic mass is 9.93. The minimum Gasteiger partial charge on any atom is -0.366 e. The second-order valence-corrected chi connectivity index (χ2v) is 6.94. The molecule has 1 aromatic carbocycles. The SMILES string of the molecule is O=C1CCc2cc(Nc3ncc(Br)c(NC4CCC4)n3)ccc21. The molecule has 0 atom stereocenters. The first-order chi connectivity index (χ1) is 11.2. The number of benzene rings is 1. The van der Waals surface area contributed by atoms with E-state index in [9.17, 15) is 4.79 Å². The van der Waals surface area contributed by atoms with Crippen molar-refractivity contribution in [3.05, 3.63) is 40.0 Å². The van der Waals surface area contributed by atoms with Crippen LogP contribution in [0.3, 0.4) is 0 Å². The van der Waals surface area contributed by atoms with Gasteiger partial charge in [0.25, 0.3) is 0 Å². The van der Waals surface area contributed by atoms with E-state index in [1.165, 1.54) is 19.3 Å². The quantitative estimate of drug-likeness (QED) is 0.846. The van der Waals surface area contributed by atoms with Crippen molar-refractivity contribution < 1.29 is 4.79 Å². The molecule has 2 aliphatic carbocycles. The van der Waals surface area contributed by atoms with Gasteiger partial charge >= 0.3 is 0 Å². The van der Waals surface area contributed by atoms with Crippen LogP contribution in [0.4, 0.5) is 17.5 Å². The fourth-order valence-corrected chi connectivity index (χ4v) is 3.24. The molecule has 23 heavy (non-hydrogen) atoms. The molecule has 2 N–H and O–H groups in total. The molecule has 118 valence electrons. The highest BCUT2D eigenvalue weighted by Crippen LogP contribution is 2.29. The molecule has 0 radical (unpaired) electrons. The summed E-state index contributed by atoms with van der Waals surface area (Å²) in [4.78, 5) is 20.6. The number of nitrogens with one attached hydrogen (secondary N) is 2. The van der Waals surface area contributed by atoms with Crippen LogP contribution < -0.4 is 10.6 Å². The summed E-state index contributed by atoms with van der Waals surface area (Å²) in [6.07, 6.45) is 6.85. The Kier molecular flexibility index (Phi) is 3.77. The fourth-order valence-electron chi connectivity index (χ4n) is 2.94. The monoisotopic (exact) mass is 372 g/mol. The topological polar surface area (TPSA) is 66.9 Å². The normalized spacial score (nSPS) is 16.8. The molecule has 0 bridgehead atoms. The van der Waals surface area contributed by atoms with E-state index in [0.717, 1.165) is 33.5 Å². The molecule has 0 unspecified atom stereocenters. The van der Waals surface area contributed by atoms with Crippen LogP contribution in [-0.4, -0.2) is 21.8 Å². The summed E-state index contributed by atoms with van der Waals surface area (Å²) in [7, 11) is 0. The summed E-state index contributed by atoms with van der Waals surface area (Å²) in [5.74, 6) is 1.61. The Morgan fingerprint density at radius 1 is 1.22 bits per heavy atom. The standard InChI is InChI=1S/C17H17BrN4O/c18-14-9-19-17(22-16(14)20-11-2-1-3-11)21-12-5-6-13-10(8-12)4-7-15(13)23/h5-6,8-9,11H,1-4,7H2,(H2,19,20,21,22). The van der Waals surface area contributed by atoms with Crippen molar-refractivity contribution in [1.29, 1.82) is 0 Å². The van der Waals surface area contributed by atoms with Crippen LogP contribution in [0.5, 0.6) is 0 Å². The van der Waals surface area contributed by atoms with Gasteiger partial charge in [-0.2, -0.15) is 4.98 Å². The fraction of sp³-hybridized carbons (Fsp3) is 0.353. The first kappa shape index (κ1) is 14.6. The molecule has 5 nitrogen and oxygen atoms in total. The van der Waals surface area contributed by atoms with Crippen molar-refractivity contribution in [2.45, 2.75) is 38.1 Å². The number of aromatic nitrogens is 2. The molecule has 1 heterocycles. The van der Waals surface area contributed by atoms with E-state index >= 15 is 0 Å². The smallest absolute Gasteiger partial charge is 0.229 e. The zero-order valence-electron chi connectivity index (χ0n) is 12.6. The molecular weight excluding hydrogens is 356 g/mol. The van der Waals surface area contributed by atoms with Gasteiger partial charge in [0.1, 0.15) is 5.82 Å². The molecule has 1 saturated carbocycles. The number of nitrogens with zero attached hydrogens (tertiary/aromatic N) is 2. The van der Waals surface area contributed by atoms with Crippen molar-refractivity contribution in [3.8, 4) is 0 Å². The molecule has 1 aromatic heterocycles. The zero-order valence-corrected chi connectivity index (χ0v) is 14.2. The minimum absolute atomic E-state index is 0.235. The van der Waals surface area contributed by atoms with E-state index in [0.29, 0.717) is 18.4 Å². The minimum atomic E-state index is 0.235. The number of Topliss-reactive ketones (excluding diaryl/α,β-unsaturated/α-hetero) is 1. The maximum absolute atomic E-state index is 11.7. The van der Waals surface area contributed by atoms with Crippen LogP contribution >= 0.6 is 15.9 Å². The number of hydrogen-bond donors (Lipinski definition) is 2. The zero-order chi connectivity index (χ0) is 15.8. The Morgan fingerprint density at radius 3 is 2.87 bits per heavy atom. The van der Waals surface area contributed by atoms with Gasteiger partial charge in [-0.3, -0.25) is 4.79 Å². The summed E-state index contributed by atoms with van der Waals surface area (Å²) in [5, 5.41) is 6.67. The van der Waals surface area contributed by atoms with Crippen LogP contribution in [-0.2, 0) is 6.42 Å². The largest absolute Gasteiger partial charge is 0.366 e. The first-order valence-corrected chi connectivity index (χ1v) is 8.70. The average molecular weight is 373 g/mol. The Bertz CT molecular complexity index is 773. The number of carbonyl (C=O) groups is 1. The molecule has 4 rings (SSSR count). The number of aryl methyl sites for hydroxylation is 1. The van der Waals surface area contributed by atoms with Crippen LogP contribution in [0.15, 0.2) is 28.9 Å². The van der Waals surface area contributed by atoms with Crippen LogP contribution in [0.2, 0.25) is 0 Å². The second kappa shape index (κ2) is 5.92. The second-order valence-electron chi connectivity index (χ2n) is 6.08. The lowest BCUT2D eigenvalue weighted by molar-refractivity contribution is 0.0994. The summed E-state index contributed by atoms with van der Waals surface area (Å²) in [6.45, 7) is 0. The molecule has 2 aromatic rings. The summed E-state index contributed by atoms with van der Waals surface area (Å²) in [5.41, 5.74) is 2.86. The van der Waals surface area contributed by atoms with E-state index in [-0.39, 0.29) is 5.78 Å². The summed E-state index contributed by atoms with van der Waals surface area (Å²) >= 11 is 3.49. The van der Waals surface area contributed by atoms with E-state index in [1.54, 1.807) is 6.20 Å². The molecule has 0 spiro atoms. The highest BCUT2D eigenvalue weighted by molar-refractivity contribution is 9.10. The predicted octanol–water partition coefficient (Wildman–Crippen LogP) is 4.08. The van der Waals surface area contributed by atoms with Crippen molar-refractivity contribution in [2.75, 3.05) is 10.6 Å². The number of fused-ring (bicyclic) bond motifs is 1. The van der Waals surface area contributed by atoms with Crippen LogP contribution in [0.25, 0.3) is 0 Å². The van der Waals surface area contributed by atoms with Gasteiger partial charge in [-0.25, -0.2) is 4.98 Å². The third kappa shape index (κ3) is 2.95. The van der Waals surface area contributed by atoms with Gasteiger partial charge in [-0.1, -0.05) is 0 Å². The van der Waals surface area contributed by atoms with Gasteiger partial charge in [0.15, 0.2) is 5.78 Å². The van der Waals surface area contributed by atoms with Gasteiger partial charge in [0.05, 0.1) is 4.47 Å². The van der Waals surface area contributed by atoms with Gasteiger partial charge in [0, 0.05) is 29.9 Å². The van der Waals surface area contributed by atoms with Gasteiger partial charge < -0.3 is 10.6 Å². The van der Waals surface area contributed by atoms with Gasteiger partial charge in [-0.05, 0) is 65.4 Å². The van der Waals surface area contributed by atoms with Crippen LogP contribution in [0.1, 0.15) is 41.6 Å². The van der Waals surface area contributed by atoms with E-state index < -0.39 is 0 Å². The molecule has 0 saturated heterocycles. The Morgan fingerprint density at radius 2 is 2.09 bits per heavy atom. The molecule has 0 aliphatic heterocycles. The van der Waals surface area contributed by atoms with Crippen molar-refractivity contribution in [1.82, 2.24) is 9.97 Å².